The summed E-state index contributed by atoms with van der Waals surface area (Å²) in [6.45, 7) is 0.439. The quantitative estimate of drug-likeness (QED) is 0.709. The first-order valence-electron chi connectivity index (χ1n) is 7.71. The number of hydrogen-bond donors (Lipinski definition) is 2. The number of carbonyl (C=O) groups is 1. The maximum absolute atomic E-state index is 12.5. The Bertz CT molecular complexity index is 810. The predicted molar refractivity (Wildman–Crippen MR) is 96.1 cm³/mol. The molecule has 2 heterocycles. The number of amides is 2. The number of nitrogens with one attached hydrogen (secondary N) is 1. The Morgan fingerprint density at radius 2 is 2.00 bits per heavy atom. The zero-order valence-electron chi connectivity index (χ0n) is 13.4. The van der Waals surface area contributed by atoms with Crippen LogP contribution in [0.2, 0.25) is 0 Å². The van der Waals surface area contributed by atoms with E-state index in [0.717, 1.165) is 16.1 Å². The molecule has 1 aromatic carbocycles. The lowest BCUT2D eigenvalue weighted by Gasteiger charge is -2.21. The van der Waals surface area contributed by atoms with Crippen molar-refractivity contribution in [3.63, 3.8) is 0 Å². The minimum absolute atomic E-state index is 0.126. The lowest BCUT2D eigenvalue weighted by molar-refractivity contribution is 0.185. The number of aromatic nitrogens is 3. The Hall–Kier alpha value is -2.84. The van der Waals surface area contributed by atoms with Crippen molar-refractivity contribution in [2.45, 2.75) is 6.54 Å². The van der Waals surface area contributed by atoms with Gasteiger partial charge in [0.05, 0.1) is 6.61 Å². The number of aliphatic hydroxyl groups excluding tert-OH is 1. The fraction of sp³-hybridized carbons (Fsp3) is 0.176. The van der Waals surface area contributed by atoms with Crippen LogP contribution < -0.4 is 5.32 Å². The molecule has 2 amide bonds. The molecular formula is C17H17N5O2S. The Morgan fingerprint density at radius 1 is 1.16 bits per heavy atom. The number of benzene rings is 1. The van der Waals surface area contributed by atoms with E-state index in [2.05, 4.69) is 20.5 Å². The summed E-state index contributed by atoms with van der Waals surface area (Å²) in [5.41, 5.74) is 1.83. The number of hydrogen-bond acceptors (Lipinski definition) is 6. The standard InChI is InChI=1S/C17H17N5O2S/c23-10-9-22(12-13-5-4-8-18-11-13)17(24)19-16-21-20-15(25-16)14-6-2-1-3-7-14/h1-8,11,23H,9-10,12H2,(H,19,21,24). The number of pyridine rings is 1. The summed E-state index contributed by atoms with van der Waals surface area (Å²) in [5.74, 6) is 0. The van der Waals surface area contributed by atoms with E-state index in [4.69, 9.17) is 0 Å². The van der Waals surface area contributed by atoms with E-state index in [9.17, 15) is 9.90 Å². The van der Waals surface area contributed by atoms with Gasteiger partial charge in [0.25, 0.3) is 0 Å². The van der Waals surface area contributed by atoms with Crippen LogP contribution in [-0.4, -0.2) is 44.4 Å². The van der Waals surface area contributed by atoms with Crippen LogP contribution in [0.5, 0.6) is 0 Å². The number of anilines is 1. The number of carbonyl (C=O) groups excluding carboxylic acids is 1. The third-order valence-corrected chi connectivity index (χ3v) is 4.30. The smallest absolute Gasteiger partial charge is 0.324 e. The third kappa shape index (κ3) is 4.59. The molecule has 0 fully saturated rings. The van der Waals surface area contributed by atoms with Gasteiger partial charge in [-0.2, -0.15) is 0 Å². The van der Waals surface area contributed by atoms with Gasteiger partial charge >= 0.3 is 6.03 Å². The summed E-state index contributed by atoms with van der Waals surface area (Å²) in [7, 11) is 0. The molecule has 0 saturated carbocycles. The van der Waals surface area contributed by atoms with Gasteiger partial charge in [0.1, 0.15) is 5.01 Å². The Kier molecular flexibility index (Phi) is 5.65. The molecule has 0 atom stereocenters. The molecule has 0 aliphatic carbocycles. The van der Waals surface area contributed by atoms with Gasteiger partial charge in [-0.3, -0.25) is 10.3 Å². The highest BCUT2D eigenvalue weighted by Crippen LogP contribution is 2.26. The Balaban J connectivity index is 1.68. The molecule has 3 aromatic rings. The van der Waals surface area contributed by atoms with Gasteiger partial charge in [-0.15, -0.1) is 10.2 Å². The third-order valence-electron chi connectivity index (χ3n) is 3.41. The average molecular weight is 355 g/mol. The van der Waals surface area contributed by atoms with E-state index in [-0.39, 0.29) is 19.2 Å². The van der Waals surface area contributed by atoms with E-state index < -0.39 is 0 Å². The molecule has 0 spiro atoms. The lowest BCUT2D eigenvalue weighted by Crippen LogP contribution is -2.36. The van der Waals surface area contributed by atoms with Crippen molar-refractivity contribution in [3.05, 3.63) is 60.4 Å². The molecule has 7 nitrogen and oxygen atoms in total. The van der Waals surface area contributed by atoms with Crippen LogP contribution in [0.25, 0.3) is 10.6 Å². The van der Waals surface area contributed by atoms with Gasteiger partial charge in [-0.1, -0.05) is 47.7 Å². The largest absolute Gasteiger partial charge is 0.395 e. The average Bonchev–Trinajstić information content (AvgIpc) is 3.11. The molecule has 0 unspecified atom stereocenters. The van der Waals surface area contributed by atoms with E-state index in [1.165, 1.54) is 16.2 Å². The maximum atomic E-state index is 12.5. The number of rotatable bonds is 6. The number of urea groups is 1. The van der Waals surface area contributed by atoms with Crippen LogP contribution in [0.3, 0.4) is 0 Å². The minimum Gasteiger partial charge on any atom is -0.395 e. The van der Waals surface area contributed by atoms with Gasteiger partial charge in [0.15, 0.2) is 0 Å². The van der Waals surface area contributed by atoms with Crippen LogP contribution >= 0.6 is 11.3 Å². The van der Waals surface area contributed by atoms with Crippen LogP contribution in [0.4, 0.5) is 9.93 Å². The highest BCUT2D eigenvalue weighted by molar-refractivity contribution is 7.18. The van der Waals surface area contributed by atoms with Crippen molar-refractivity contribution in [1.29, 1.82) is 0 Å². The molecule has 2 aromatic heterocycles. The predicted octanol–water partition coefficient (Wildman–Crippen LogP) is 2.63. The summed E-state index contributed by atoms with van der Waals surface area (Å²) in [6.07, 6.45) is 3.36. The molecule has 0 bridgehead atoms. The molecule has 0 radical (unpaired) electrons. The van der Waals surface area contributed by atoms with Crippen molar-refractivity contribution >= 4 is 22.5 Å². The molecule has 2 N–H and O–H groups in total. The Morgan fingerprint density at radius 3 is 2.72 bits per heavy atom. The number of aliphatic hydroxyl groups is 1. The topological polar surface area (TPSA) is 91.2 Å². The van der Waals surface area contributed by atoms with Crippen molar-refractivity contribution in [1.82, 2.24) is 20.1 Å². The summed E-state index contributed by atoms with van der Waals surface area (Å²) >= 11 is 1.30. The van der Waals surface area contributed by atoms with Crippen LogP contribution in [0.15, 0.2) is 54.9 Å². The molecule has 0 aliphatic heterocycles. The normalized spacial score (nSPS) is 10.4. The summed E-state index contributed by atoms with van der Waals surface area (Å²) in [6, 6.07) is 13.0. The highest BCUT2D eigenvalue weighted by atomic mass is 32.1. The molecule has 128 valence electrons. The van der Waals surface area contributed by atoms with Gasteiger partial charge in [0, 0.05) is 31.0 Å². The molecule has 8 heteroatoms. The van der Waals surface area contributed by atoms with Gasteiger partial charge in [-0.05, 0) is 11.6 Å². The van der Waals surface area contributed by atoms with Crippen molar-refractivity contribution < 1.29 is 9.90 Å². The second-order valence-corrected chi connectivity index (χ2v) is 6.19. The van der Waals surface area contributed by atoms with E-state index >= 15 is 0 Å². The summed E-state index contributed by atoms with van der Waals surface area (Å²) < 4.78 is 0. The fourth-order valence-electron chi connectivity index (χ4n) is 2.23. The second kappa shape index (κ2) is 8.32. The van der Waals surface area contributed by atoms with Crippen molar-refractivity contribution in [2.75, 3.05) is 18.5 Å². The second-order valence-electron chi connectivity index (χ2n) is 5.21. The lowest BCUT2D eigenvalue weighted by atomic mass is 10.2. The van der Waals surface area contributed by atoms with Gasteiger partial charge < -0.3 is 10.0 Å². The zero-order valence-corrected chi connectivity index (χ0v) is 14.2. The molecule has 25 heavy (non-hydrogen) atoms. The first-order valence-corrected chi connectivity index (χ1v) is 8.52. The van der Waals surface area contributed by atoms with Crippen molar-refractivity contribution in [3.8, 4) is 10.6 Å². The summed E-state index contributed by atoms with van der Waals surface area (Å²) in [4.78, 5) is 18.0. The Labute approximate surface area is 149 Å². The molecular weight excluding hydrogens is 338 g/mol. The van der Waals surface area contributed by atoms with Gasteiger partial charge in [0.2, 0.25) is 5.13 Å². The SMILES string of the molecule is O=C(Nc1nnc(-c2ccccc2)s1)N(CCO)Cc1cccnc1. The zero-order chi connectivity index (χ0) is 17.5. The van der Waals surface area contributed by atoms with Crippen LogP contribution in [-0.2, 0) is 6.54 Å². The monoisotopic (exact) mass is 355 g/mol. The van der Waals surface area contributed by atoms with Gasteiger partial charge in [-0.25, -0.2) is 4.79 Å². The molecule has 0 saturated heterocycles. The highest BCUT2D eigenvalue weighted by Gasteiger charge is 2.16. The molecule has 3 rings (SSSR count). The fourth-order valence-corrected chi connectivity index (χ4v) is 2.97. The maximum Gasteiger partial charge on any atom is 0.324 e. The van der Waals surface area contributed by atoms with Crippen molar-refractivity contribution in [2.24, 2.45) is 0 Å². The summed E-state index contributed by atoms with van der Waals surface area (Å²) in [5, 5.41) is 21.2. The minimum atomic E-state index is -0.339. The van der Waals surface area contributed by atoms with E-state index in [0.29, 0.717) is 11.7 Å². The van der Waals surface area contributed by atoms with E-state index in [1.54, 1.807) is 18.5 Å². The number of nitrogens with zero attached hydrogens (tertiary/aromatic N) is 4. The van der Waals surface area contributed by atoms with E-state index in [1.807, 2.05) is 36.4 Å². The molecule has 0 aliphatic rings. The van der Waals surface area contributed by atoms with Crippen LogP contribution in [0.1, 0.15) is 5.56 Å². The van der Waals surface area contributed by atoms with Crippen LogP contribution in [0, 0.1) is 0 Å². The first kappa shape index (κ1) is 17.0. The first-order chi connectivity index (χ1) is 12.3.